The SMILES string of the molecule is O=C[C@@H](Oc1ccccc1Br)N1CCN(Cc2ccccc2)CC1Cc1ccccc1. The summed E-state index contributed by atoms with van der Waals surface area (Å²) >= 11 is 3.53. The maximum absolute atomic E-state index is 12.1. The third-order valence-corrected chi connectivity index (χ3v) is 6.36. The molecule has 0 N–H and O–H groups in total. The summed E-state index contributed by atoms with van der Waals surface area (Å²) in [5.41, 5.74) is 2.58. The summed E-state index contributed by atoms with van der Waals surface area (Å²) in [7, 11) is 0. The highest BCUT2D eigenvalue weighted by Crippen LogP contribution is 2.27. The molecule has 2 atom stereocenters. The summed E-state index contributed by atoms with van der Waals surface area (Å²) in [5.74, 6) is 0.685. The van der Waals surface area contributed by atoms with Crippen LogP contribution in [0, 0.1) is 0 Å². The largest absolute Gasteiger partial charge is 0.467 e. The predicted molar refractivity (Wildman–Crippen MR) is 127 cm³/mol. The van der Waals surface area contributed by atoms with Crippen LogP contribution < -0.4 is 4.74 Å². The Morgan fingerprint density at radius 2 is 1.55 bits per heavy atom. The van der Waals surface area contributed by atoms with Crippen LogP contribution in [-0.2, 0) is 17.8 Å². The summed E-state index contributed by atoms with van der Waals surface area (Å²) in [5, 5.41) is 0. The Labute approximate surface area is 192 Å². The summed E-state index contributed by atoms with van der Waals surface area (Å²) in [6.45, 7) is 3.46. The fourth-order valence-electron chi connectivity index (χ4n) is 4.17. The van der Waals surface area contributed by atoms with E-state index in [-0.39, 0.29) is 6.04 Å². The number of nitrogens with zero attached hydrogens (tertiary/aromatic N) is 2. The maximum Gasteiger partial charge on any atom is 0.209 e. The number of para-hydroxylation sites is 1. The molecule has 5 heteroatoms. The van der Waals surface area contributed by atoms with E-state index in [1.54, 1.807) is 0 Å². The van der Waals surface area contributed by atoms with Crippen LogP contribution in [0.5, 0.6) is 5.75 Å². The zero-order chi connectivity index (χ0) is 21.5. The quantitative estimate of drug-likeness (QED) is 0.436. The number of halogens is 1. The number of benzene rings is 3. The molecule has 0 amide bonds. The zero-order valence-electron chi connectivity index (χ0n) is 17.4. The van der Waals surface area contributed by atoms with Crippen molar-refractivity contribution >= 4 is 22.2 Å². The fourth-order valence-corrected chi connectivity index (χ4v) is 4.54. The van der Waals surface area contributed by atoms with Crippen molar-refractivity contribution in [2.24, 2.45) is 0 Å². The summed E-state index contributed by atoms with van der Waals surface area (Å²) < 4.78 is 7.00. The van der Waals surface area contributed by atoms with Crippen molar-refractivity contribution < 1.29 is 9.53 Å². The molecule has 0 spiro atoms. The molecule has 3 aromatic carbocycles. The third-order valence-electron chi connectivity index (χ3n) is 5.70. The van der Waals surface area contributed by atoms with E-state index in [1.807, 2.05) is 36.4 Å². The average Bonchev–Trinajstić information content (AvgIpc) is 2.80. The summed E-state index contributed by atoms with van der Waals surface area (Å²) in [6, 6.07) is 28.9. The minimum atomic E-state index is -0.619. The molecule has 1 unspecified atom stereocenters. The first-order valence-corrected chi connectivity index (χ1v) is 11.4. The molecule has 4 nitrogen and oxygen atoms in total. The van der Waals surface area contributed by atoms with Crippen molar-refractivity contribution in [3.8, 4) is 5.75 Å². The third kappa shape index (κ3) is 5.82. The highest BCUT2D eigenvalue weighted by molar-refractivity contribution is 9.10. The van der Waals surface area contributed by atoms with Gasteiger partial charge < -0.3 is 4.74 Å². The van der Waals surface area contributed by atoms with Gasteiger partial charge in [-0.25, -0.2) is 0 Å². The Morgan fingerprint density at radius 3 is 2.23 bits per heavy atom. The van der Waals surface area contributed by atoms with Crippen LogP contribution in [-0.4, -0.2) is 48.0 Å². The number of ether oxygens (including phenoxy) is 1. The minimum Gasteiger partial charge on any atom is -0.467 e. The van der Waals surface area contributed by atoms with Crippen molar-refractivity contribution in [2.75, 3.05) is 19.6 Å². The standard InChI is InChI=1S/C26H27BrN2O2/c27-24-13-7-8-14-25(24)31-26(20-30)29-16-15-28(18-22-11-5-2-6-12-22)19-23(29)17-21-9-3-1-4-10-21/h1-14,20,23,26H,15-19H2/t23?,26-/m1/s1. The molecule has 1 saturated heterocycles. The van der Waals surface area contributed by atoms with Crippen LogP contribution in [0.25, 0.3) is 0 Å². The second kappa shape index (κ2) is 10.7. The van der Waals surface area contributed by atoms with Crippen molar-refractivity contribution in [1.29, 1.82) is 0 Å². The Balaban J connectivity index is 1.52. The molecule has 31 heavy (non-hydrogen) atoms. The smallest absolute Gasteiger partial charge is 0.209 e. The highest BCUT2D eigenvalue weighted by atomic mass is 79.9. The van der Waals surface area contributed by atoms with Crippen molar-refractivity contribution in [3.05, 3.63) is 101 Å². The van der Waals surface area contributed by atoms with Gasteiger partial charge in [0.05, 0.1) is 4.47 Å². The lowest BCUT2D eigenvalue weighted by atomic mass is 10.0. The molecule has 1 aliphatic heterocycles. The van der Waals surface area contributed by atoms with Gasteiger partial charge in [0.1, 0.15) is 5.75 Å². The Kier molecular flexibility index (Phi) is 7.52. The van der Waals surface area contributed by atoms with E-state index in [1.165, 1.54) is 11.1 Å². The van der Waals surface area contributed by atoms with Crippen molar-refractivity contribution in [1.82, 2.24) is 9.80 Å². The van der Waals surface area contributed by atoms with Crippen LogP contribution in [0.3, 0.4) is 0 Å². The Morgan fingerprint density at radius 1 is 0.903 bits per heavy atom. The van der Waals surface area contributed by atoms with Gasteiger partial charge in [0, 0.05) is 32.2 Å². The molecule has 0 saturated carbocycles. The topological polar surface area (TPSA) is 32.8 Å². The Bertz CT molecular complexity index is 967. The van der Waals surface area contributed by atoms with E-state index in [2.05, 4.69) is 74.3 Å². The lowest BCUT2D eigenvalue weighted by molar-refractivity contribution is -0.126. The maximum atomic E-state index is 12.1. The van der Waals surface area contributed by atoms with E-state index in [9.17, 15) is 4.79 Å². The lowest BCUT2D eigenvalue weighted by Crippen LogP contribution is -2.58. The van der Waals surface area contributed by atoms with Gasteiger partial charge in [0.15, 0.2) is 6.29 Å². The summed E-state index contributed by atoms with van der Waals surface area (Å²) in [6.07, 6.45) is 1.17. The monoisotopic (exact) mass is 478 g/mol. The second-order valence-corrected chi connectivity index (χ2v) is 8.73. The first-order valence-electron chi connectivity index (χ1n) is 10.7. The van der Waals surface area contributed by atoms with Gasteiger partial charge in [-0.3, -0.25) is 14.6 Å². The molecular formula is C26H27BrN2O2. The number of carbonyl (C=O) groups is 1. The fraction of sp³-hybridized carbons (Fsp3) is 0.269. The van der Waals surface area contributed by atoms with Crippen LogP contribution in [0.1, 0.15) is 11.1 Å². The van der Waals surface area contributed by atoms with Gasteiger partial charge in [-0.05, 0) is 45.6 Å². The molecule has 0 radical (unpaired) electrons. The molecule has 160 valence electrons. The molecule has 0 aromatic heterocycles. The van der Waals surface area contributed by atoms with Crippen LogP contribution in [0.4, 0.5) is 0 Å². The first-order chi connectivity index (χ1) is 15.2. The van der Waals surface area contributed by atoms with E-state index in [0.717, 1.165) is 43.4 Å². The van der Waals surface area contributed by atoms with E-state index in [4.69, 9.17) is 4.74 Å². The van der Waals surface area contributed by atoms with Gasteiger partial charge in [0.25, 0.3) is 0 Å². The molecule has 0 bridgehead atoms. The van der Waals surface area contributed by atoms with Crippen LogP contribution >= 0.6 is 15.9 Å². The number of hydrogen-bond acceptors (Lipinski definition) is 4. The molecule has 4 rings (SSSR count). The number of carbonyl (C=O) groups excluding carboxylic acids is 1. The molecule has 3 aromatic rings. The molecule has 1 fully saturated rings. The van der Waals surface area contributed by atoms with E-state index in [0.29, 0.717) is 5.75 Å². The van der Waals surface area contributed by atoms with E-state index < -0.39 is 6.23 Å². The molecular weight excluding hydrogens is 452 g/mol. The van der Waals surface area contributed by atoms with Gasteiger partial charge in [-0.1, -0.05) is 72.8 Å². The number of piperazine rings is 1. The van der Waals surface area contributed by atoms with Gasteiger partial charge in [-0.2, -0.15) is 0 Å². The van der Waals surface area contributed by atoms with Crippen molar-refractivity contribution in [3.63, 3.8) is 0 Å². The molecule has 1 heterocycles. The number of hydrogen-bond donors (Lipinski definition) is 0. The summed E-state index contributed by atoms with van der Waals surface area (Å²) in [4.78, 5) is 16.8. The Hall–Kier alpha value is -2.47. The van der Waals surface area contributed by atoms with E-state index >= 15 is 0 Å². The molecule has 0 aliphatic carbocycles. The minimum absolute atomic E-state index is 0.178. The normalized spacial score (nSPS) is 18.4. The second-order valence-electron chi connectivity index (χ2n) is 7.88. The van der Waals surface area contributed by atoms with Gasteiger partial charge in [-0.15, -0.1) is 0 Å². The number of aldehydes is 1. The van der Waals surface area contributed by atoms with Crippen LogP contribution in [0.2, 0.25) is 0 Å². The lowest BCUT2D eigenvalue weighted by Gasteiger charge is -2.43. The first kappa shape index (κ1) is 21.8. The van der Waals surface area contributed by atoms with Crippen molar-refractivity contribution in [2.45, 2.75) is 25.2 Å². The molecule has 1 aliphatic rings. The van der Waals surface area contributed by atoms with Gasteiger partial charge >= 0.3 is 0 Å². The van der Waals surface area contributed by atoms with Gasteiger partial charge in [0.2, 0.25) is 6.23 Å². The predicted octanol–water partition coefficient (Wildman–Crippen LogP) is 4.78. The number of rotatable bonds is 8. The highest BCUT2D eigenvalue weighted by Gasteiger charge is 2.33. The average molecular weight is 479 g/mol. The zero-order valence-corrected chi connectivity index (χ0v) is 19.0. The van der Waals surface area contributed by atoms with Crippen LogP contribution in [0.15, 0.2) is 89.4 Å².